The van der Waals surface area contributed by atoms with Gasteiger partial charge in [-0.3, -0.25) is 0 Å². The first-order valence-corrected chi connectivity index (χ1v) is 13.0. The molecule has 0 radical (unpaired) electrons. The van der Waals surface area contributed by atoms with Gasteiger partial charge in [0.1, 0.15) is 11.4 Å². The van der Waals surface area contributed by atoms with Gasteiger partial charge in [0, 0.05) is 11.3 Å². The number of hydrogen-bond acceptors (Lipinski definition) is 5. The largest absolute Gasteiger partial charge is 0.508 e. The molecule has 0 atom stereocenters. The summed E-state index contributed by atoms with van der Waals surface area (Å²) in [5.41, 5.74) is 6.14. The van der Waals surface area contributed by atoms with Crippen LogP contribution in [0.3, 0.4) is 0 Å². The van der Waals surface area contributed by atoms with Crippen molar-refractivity contribution in [2.75, 3.05) is 7.11 Å². The SMILES string of the molecule is COC(=O)c1cc2c(n1S(=O)(=O)c1ccc(C)cc1)CCC2=Cc1cccc(-c2ccc(O)cc2)c1. The van der Waals surface area contributed by atoms with E-state index < -0.39 is 16.0 Å². The van der Waals surface area contributed by atoms with E-state index >= 15 is 0 Å². The molecule has 0 spiro atoms. The summed E-state index contributed by atoms with van der Waals surface area (Å²) < 4.78 is 33.3. The Morgan fingerprint density at radius 3 is 2.36 bits per heavy atom. The number of fused-ring (bicyclic) bond motifs is 1. The normalized spacial score (nSPS) is 14.1. The predicted molar refractivity (Wildman–Crippen MR) is 139 cm³/mol. The lowest BCUT2D eigenvalue weighted by Crippen LogP contribution is -2.21. The zero-order valence-electron chi connectivity index (χ0n) is 19.9. The van der Waals surface area contributed by atoms with E-state index in [1.807, 2.05) is 49.4 Å². The number of phenolic OH excluding ortho intramolecular Hbond substituents is 1. The first kappa shape index (κ1) is 23.6. The zero-order chi connectivity index (χ0) is 25.4. The Kier molecular flexibility index (Phi) is 6.02. The van der Waals surface area contributed by atoms with E-state index in [0.717, 1.165) is 37.4 Å². The number of hydrogen-bond donors (Lipinski definition) is 1. The third kappa shape index (κ3) is 4.22. The Morgan fingerprint density at radius 1 is 0.944 bits per heavy atom. The van der Waals surface area contributed by atoms with Gasteiger partial charge in [0.2, 0.25) is 0 Å². The summed E-state index contributed by atoms with van der Waals surface area (Å²) in [7, 11) is -2.75. The van der Waals surface area contributed by atoms with Crippen molar-refractivity contribution < 1.29 is 23.1 Å². The standard InChI is InChI=1S/C29H25NO5S/c1-19-6-13-25(14-7-19)36(33,34)30-27-15-10-23(26(27)18-28(30)29(32)35-2)17-20-4-3-5-22(16-20)21-8-11-24(31)12-9-21/h3-9,11-14,16-18,31H,10,15H2,1-2H3. The van der Waals surface area contributed by atoms with Crippen LogP contribution in [-0.2, 0) is 21.2 Å². The van der Waals surface area contributed by atoms with Crippen molar-refractivity contribution >= 4 is 27.6 Å². The van der Waals surface area contributed by atoms with Gasteiger partial charge in [-0.15, -0.1) is 0 Å². The number of phenols is 1. The highest BCUT2D eigenvalue weighted by Gasteiger charge is 2.33. The molecule has 0 saturated carbocycles. The van der Waals surface area contributed by atoms with E-state index in [1.165, 1.54) is 7.11 Å². The van der Waals surface area contributed by atoms with Gasteiger partial charge in [0.25, 0.3) is 10.0 Å². The Labute approximate surface area is 210 Å². The number of allylic oxidation sites excluding steroid dienone is 1. The molecule has 36 heavy (non-hydrogen) atoms. The van der Waals surface area contributed by atoms with Gasteiger partial charge in [-0.05, 0) is 78.4 Å². The van der Waals surface area contributed by atoms with E-state index in [1.54, 1.807) is 42.5 Å². The van der Waals surface area contributed by atoms with Crippen LogP contribution in [-0.4, -0.2) is 30.6 Å². The van der Waals surface area contributed by atoms with E-state index in [-0.39, 0.29) is 16.3 Å². The molecule has 0 fully saturated rings. The monoisotopic (exact) mass is 499 g/mol. The number of carbonyl (C=O) groups is 1. The molecule has 4 aromatic rings. The molecule has 1 N–H and O–H groups in total. The van der Waals surface area contributed by atoms with Crippen LogP contribution in [0, 0.1) is 6.92 Å². The summed E-state index contributed by atoms with van der Waals surface area (Å²) in [6.07, 6.45) is 3.17. The molecule has 182 valence electrons. The molecule has 0 unspecified atom stereocenters. The lowest BCUT2D eigenvalue weighted by Gasteiger charge is -2.12. The smallest absolute Gasteiger partial charge is 0.355 e. The van der Waals surface area contributed by atoms with Gasteiger partial charge in [-0.1, -0.05) is 54.1 Å². The Hall–Kier alpha value is -4.10. The lowest BCUT2D eigenvalue weighted by molar-refractivity contribution is 0.0592. The number of aryl methyl sites for hydroxylation is 1. The maximum atomic E-state index is 13.6. The van der Waals surface area contributed by atoms with Crippen molar-refractivity contribution in [1.82, 2.24) is 3.97 Å². The van der Waals surface area contributed by atoms with E-state index in [9.17, 15) is 18.3 Å². The molecule has 7 heteroatoms. The van der Waals surface area contributed by atoms with Crippen LogP contribution in [0.25, 0.3) is 22.8 Å². The molecule has 1 aliphatic carbocycles. The number of esters is 1. The van der Waals surface area contributed by atoms with Crippen LogP contribution in [0.2, 0.25) is 0 Å². The molecule has 0 aliphatic heterocycles. The molecule has 0 bridgehead atoms. The first-order chi connectivity index (χ1) is 17.3. The van der Waals surface area contributed by atoms with Crippen LogP contribution in [0.1, 0.15) is 39.3 Å². The quantitative estimate of drug-likeness (QED) is 0.357. The highest BCUT2D eigenvalue weighted by atomic mass is 32.2. The van der Waals surface area contributed by atoms with Crippen LogP contribution in [0.15, 0.2) is 83.8 Å². The lowest BCUT2D eigenvalue weighted by atomic mass is 10.0. The number of methoxy groups -OCH3 is 1. The summed E-state index contributed by atoms with van der Waals surface area (Å²) in [5, 5.41) is 9.58. The summed E-state index contributed by atoms with van der Waals surface area (Å²) in [6, 6.07) is 23.2. The minimum atomic E-state index is -4.00. The van der Waals surface area contributed by atoms with Gasteiger partial charge in [-0.25, -0.2) is 17.2 Å². The van der Waals surface area contributed by atoms with Gasteiger partial charge in [-0.2, -0.15) is 0 Å². The van der Waals surface area contributed by atoms with Crippen LogP contribution in [0.4, 0.5) is 0 Å². The molecular weight excluding hydrogens is 474 g/mol. The van der Waals surface area contributed by atoms with Gasteiger partial charge in [0.05, 0.1) is 12.0 Å². The molecule has 1 aromatic heterocycles. The van der Waals surface area contributed by atoms with Crippen LogP contribution < -0.4 is 0 Å². The third-order valence-corrected chi connectivity index (χ3v) is 8.18. The summed E-state index contributed by atoms with van der Waals surface area (Å²) in [4.78, 5) is 12.7. The van der Waals surface area contributed by atoms with Crippen molar-refractivity contribution in [1.29, 1.82) is 0 Å². The number of rotatable bonds is 5. The third-order valence-electron chi connectivity index (χ3n) is 6.41. The van der Waals surface area contributed by atoms with Crippen molar-refractivity contribution in [2.45, 2.75) is 24.7 Å². The molecule has 5 rings (SSSR count). The number of benzene rings is 3. The maximum absolute atomic E-state index is 13.6. The number of aromatic nitrogens is 1. The van der Waals surface area contributed by atoms with Gasteiger partial charge < -0.3 is 9.84 Å². The molecule has 3 aromatic carbocycles. The molecular formula is C29H25NO5S. The fourth-order valence-corrected chi connectivity index (χ4v) is 6.14. The Morgan fingerprint density at radius 2 is 1.67 bits per heavy atom. The minimum Gasteiger partial charge on any atom is -0.508 e. The average Bonchev–Trinajstić information content (AvgIpc) is 3.44. The van der Waals surface area contributed by atoms with Crippen molar-refractivity contribution in [2.24, 2.45) is 0 Å². The second-order valence-corrected chi connectivity index (χ2v) is 10.6. The molecule has 1 aliphatic rings. The van der Waals surface area contributed by atoms with Crippen molar-refractivity contribution in [3.05, 3.63) is 107 Å². The van der Waals surface area contributed by atoms with Crippen molar-refractivity contribution in [3.8, 4) is 16.9 Å². The zero-order valence-corrected chi connectivity index (χ0v) is 20.7. The first-order valence-electron chi connectivity index (χ1n) is 11.5. The van der Waals surface area contributed by atoms with Gasteiger partial charge in [0.15, 0.2) is 0 Å². The topological polar surface area (TPSA) is 85.6 Å². The van der Waals surface area contributed by atoms with Crippen molar-refractivity contribution in [3.63, 3.8) is 0 Å². The molecule has 6 nitrogen and oxygen atoms in total. The number of nitrogens with zero attached hydrogens (tertiary/aromatic N) is 1. The fraction of sp³-hybridized carbons (Fsp3) is 0.138. The highest BCUT2D eigenvalue weighted by Crippen LogP contribution is 2.38. The Balaban J connectivity index is 1.59. The average molecular weight is 500 g/mol. The molecule has 0 saturated heterocycles. The summed E-state index contributed by atoms with van der Waals surface area (Å²) in [5.74, 6) is -0.490. The molecule has 1 heterocycles. The van der Waals surface area contributed by atoms with Crippen LogP contribution in [0.5, 0.6) is 5.75 Å². The van der Waals surface area contributed by atoms with Gasteiger partial charge >= 0.3 is 5.97 Å². The maximum Gasteiger partial charge on any atom is 0.355 e. The van der Waals surface area contributed by atoms with Crippen LogP contribution >= 0.6 is 0 Å². The second kappa shape index (κ2) is 9.17. The van der Waals surface area contributed by atoms with E-state index in [4.69, 9.17) is 4.74 Å². The minimum absolute atomic E-state index is 0.00785. The van der Waals surface area contributed by atoms with E-state index in [0.29, 0.717) is 18.5 Å². The predicted octanol–water partition coefficient (Wildman–Crippen LogP) is 5.68. The highest BCUT2D eigenvalue weighted by molar-refractivity contribution is 7.90. The Bertz CT molecular complexity index is 1590. The number of carbonyl (C=O) groups excluding carboxylic acids is 1. The summed E-state index contributed by atoms with van der Waals surface area (Å²) >= 11 is 0. The summed E-state index contributed by atoms with van der Waals surface area (Å²) in [6.45, 7) is 1.89. The second-order valence-electron chi connectivity index (χ2n) is 8.81. The fourth-order valence-electron chi connectivity index (χ4n) is 4.59. The number of ether oxygens (including phenoxy) is 1. The number of aromatic hydroxyl groups is 1. The molecule has 0 amide bonds. The van der Waals surface area contributed by atoms with E-state index in [2.05, 4.69) is 0 Å².